The van der Waals surface area contributed by atoms with Gasteiger partial charge in [-0.1, -0.05) is 0 Å². The van der Waals surface area contributed by atoms with Gasteiger partial charge in [0.25, 0.3) is 0 Å². The van der Waals surface area contributed by atoms with Gasteiger partial charge >= 0.3 is 0 Å². The number of hydrogen-bond acceptors (Lipinski definition) is 3. The highest BCUT2D eigenvalue weighted by Gasteiger charge is 2.35. The molecule has 0 saturated carbocycles. The molecule has 1 rings (SSSR count). The van der Waals surface area contributed by atoms with Crippen molar-refractivity contribution >= 4 is 0 Å². The van der Waals surface area contributed by atoms with Crippen molar-refractivity contribution < 1.29 is 4.74 Å². The lowest BCUT2D eigenvalue weighted by Crippen LogP contribution is -2.51. The molecule has 0 bridgehead atoms. The first-order valence-corrected chi connectivity index (χ1v) is 5.50. The highest BCUT2D eigenvalue weighted by atomic mass is 16.5. The predicted molar refractivity (Wildman–Crippen MR) is 59.6 cm³/mol. The van der Waals surface area contributed by atoms with Crippen molar-refractivity contribution in [1.29, 1.82) is 0 Å². The Morgan fingerprint density at radius 2 is 2.29 bits per heavy atom. The van der Waals surface area contributed by atoms with Crippen molar-refractivity contribution in [3.63, 3.8) is 0 Å². The summed E-state index contributed by atoms with van der Waals surface area (Å²) in [6, 6.07) is 0. The van der Waals surface area contributed by atoms with Gasteiger partial charge in [0.15, 0.2) is 0 Å². The van der Waals surface area contributed by atoms with Crippen LogP contribution in [0.5, 0.6) is 0 Å². The number of methoxy groups -OCH3 is 1. The lowest BCUT2D eigenvalue weighted by molar-refractivity contribution is -0.0609. The van der Waals surface area contributed by atoms with Crippen molar-refractivity contribution in [3.05, 3.63) is 0 Å². The summed E-state index contributed by atoms with van der Waals surface area (Å²) in [5, 5.41) is 3.23. The van der Waals surface area contributed by atoms with Crippen molar-refractivity contribution in [2.24, 2.45) is 5.92 Å². The molecular weight excluding hydrogens is 176 g/mol. The summed E-state index contributed by atoms with van der Waals surface area (Å²) >= 11 is 0. The van der Waals surface area contributed by atoms with Gasteiger partial charge in [-0.05, 0) is 40.4 Å². The molecule has 1 fully saturated rings. The predicted octanol–water partition coefficient (Wildman–Crippen LogP) is 0.953. The van der Waals surface area contributed by atoms with Gasteiger partial charge in [-0.25, -0.2) is 0 Å². The number of nitrogens with zero attached hydrogens (tertiary/aromatic N) is 1. The van der Waals surface area contributed by atoms with Gasteiger partial charge in [0.05, 0.1) is 5.60 Å². The first kappa shape index (κ1) is 12.0. The molecule has 3 heteroatoms. The molecule has 0 amide bonds. The van der Waals surface area contributed by atoms with Gasteiger partial charge in [0.2, 0.25) is 0 Å². The lowest BCUT2D eigenvalue weighted by atomic mass is 9.82. The third-order valence-electron chi connectivity index (χ3n) is 3.48. The van der Waals surface area contributed by atoms with Crippen LogP contribution in [0.1, 0.15) is 19.8 Å². The highest BCUT2D eigenvalue weighted by Crippen LogP contribution is 2.28. The van der Waals surface area contributed by atoms with Gasteiger partial charge in [-0.3, -0.25) is 0 Å². The summed E-state index contributed by atoms with van der Waals surface area (Å²) in [7, 11) is 6.01. The fourth-order valence-corrected chi connectivity index (χ4v) is 2.40. The molecular formula is C11H24N2O. The third-order valence-corrected chi connectivity index (χ3v) is 3.48. The van der Waals surface area contributed by atoms with Crippen LogP contribution in [-0.2, 0) is 4.74 Å². The molecule has 1 N–H and O–H groups in total. The topological polar surface area (TPSA) is 24.5 Å². The zero-order valence-corrected chi connectivity index (χ0v) is 9.97. The summed E-state index contributed by atoms with van der Waals surface area (Å²) < 4.78 is 5.68. The van der Waals surface area contributed by atoms with Crippen molar-refractivity contribution in [3.8, 4) is 0 Å². The molecule has 0 aromatic rings. The maximum Gasteiger partial charge on any atom is 0.0814 e. The molecule has 84 valence electrons. The molecule has 2 unspecified atom stereocenters. The van der Waals surface area contributed by atoms with Crippen LogP contribution < -0.4 is 5.32 Å². The van der Waals surface area contributed by atoms with Gasteiger partial charge in [-0.2, -0.15) is 0 Å². The maximum atomic E-state index is 5.68. The van der Waals surface area contributed by atoms with Crippen LogP contribution in [0, 0.1) is 5.92 Å². The van der Waals surface area contributed by atoms with Crippen LogP contribution in [0.3, 0.4) is 0 Å². The van der Waals surface area contributed by atoms with E-state index < -0.39 is 0 Å². The van der Waals surface area contributed by atoms with Crippen LogP contribution in [-0.4, -0.2) is 51.3 Å². The highest BCUT2D eigenvalue weighted by molar-refractivity contribution is 4.89. The monoisotopic (exact) mass is 200 g/mol. The third kappa shape index (κ3) is 2.69. The Morgan fingerprint density at radius 1 is 1.57 bits per heavy atom. The van der Waals surface area contributed by atoms with E-state index in [4.69, 9.17) is 4.74 Å². The number of ether oxygens (including phenoxy) is 1. The van der Waals surface area contributed by atoms with Crippen LogP contribution in [0.15, 0.2) is 0 Å². The Balaban J connectivity index is 2.58. The Bertz CT molecular complexity index is 175. The number of rotatable bonds is 4. The molecule has 0 aliphatic carbocycles. The molecule has 0 aromatic heterocycles. The minimum absolute atomic E-state index is 0.0105. The van der Waals surface area contributed by atoms with E-state index in [1.807, 2.05) is 14.2 Å². The van der Waals surface area contributed by atoms with E-state index in [0.29, 0.717) is 5.92 Å². The molecule has 2 atom stereocenters. The quantitative estimate of drug-likeness (QED) is 0.731. The molecule has 0 aromatic carbocycles. The molecule has 0 radical (unpaired) electrons. The average Bonchev–Trinajstić information content (AvgIpc) is 2.18. The smallest absolute Gasteiger partial charge is 0.0814 e. The summed E-state index contributed by atoms with van der Waals surface area (Å²) in [5.74, 6) is 0.652. The summed E-state index contributed by atoms with van der Waals surface area (Å²) in [6.07, 6.45) is 2.58. The minimum atomic E-state index is -0.0105. The van der Waals surface area contributed by atoms with E-state index in [1.54, 1.807) is 0 Å². The van der Waals surface area contributed by atoms with E-state index in [9.17, 15) is 0 Å². The second-order valence-corrected chi connectivity index (χ2v) is 4.65. The average molecular weight is 200 g/mol. The molecule has 3 nitrogen and oxygen atoms in total. The molecule has 1 heterocycles. The number of hydrogen-bond donors (Lipinski definition) is 1. The summed E-state index contributed by atoms with van der Waals surface area (Å²) in [6.45, 7) is 5.54. The van der Waals surface area contributed by atoms with E-state index in [1.165, 1.54) is 19.4 Å². The summed E-state index contributed by atoms with van der Waals surface area (Å²) in [4.78, 5) is 2.40. The molecule has 1 aliphatic heterocycles. The van der Waals surface area contributed by atoms with Crippen molar-refractivity contribution in [1.82, 2.24) is 10.2 Å². The standard InChI is InChI=1S/C11H24N2O/c1-11(14-4,9-12-2)10-6-5-7-13(3)8-10/h10,12H,5-9H2,1-4H3. The Labute approximate surface area is 87.8 Å². The zero-order chi connectivity index (χ0) is 10.6. The molecule has 1 saturated heterocycles. The minimum Gasteiger partial charge on any atom is -0.377 e. The fraction of sp³-hybridized carbons (Fsp3) is 1.00. The van der Waals surface area contributed by atoms with E-state index in [-0.39, 0.29) is 5.60 Å². The second kappa shape index (κ2) is 5.10. The SMILES string of the molecule is CNCC(C)(OC)C1CCCN(C)C1. The number of likely N-dealkylation sites (tertiary alicyclic amines) is 1. The van der Waals surface area contributed by atoms with E-state index in [0.717, 1.165) is 13.1 Å². The Morgan fingerprint density at radius 3 is 2.79 bits per heavy atom. The Hall–Kier alpha value is -0.120. The molecule has 14 heavy (non-hydrogen) atoms. The zero-order valence-electron chi connectivity index (χ0n) is 9.97. The van der Waals surface area contributed by atoms with Gasteiger partial charge in [0.1, 0.15) is 0 Å². The lowest BCUT2D eigenvalue weighted by Gasteiger charge is -2.41. The van der Waals surface area contributed by atoms with E-state index in [2.05, 4.69) is 24.2 Å². The van der Waals surface area contributed by atoms with Gasteiger partial charge in [-0.15, -0.1) is 0 Å². The molecule has 0 spiro atoms. The van der Waals surface area contributed by atoms with Crippen LogP contribution in [0.25, 0.3) is 0 Å². The van der Waals surface area contributed by atoms with Crippen molar-refractivity contribution in [2.45, 2.75) is 25.4 Å². The van der Waals surface area contributed by atoms with Gasteiger partial charge in [0, 0.05) is 26.1 Å². The first-order valence-electron chi connectivity index (χ1n) is 5.50. The second-order valence-electron chi connectivity index (χ2n) is 4.65. The van der Waals surface area contributed by atoms with Crippen LogP contribution in [0.2, 0.25) is 0 Å². The number of likely N-dealkylation sites (N-methyl/N-ethyl adjacent to an activating group) is 1. The maximum absolute atomic E-state index is 5.68. The number of nitrogens with one attached hydrogen (secondary N) is 1. The van der Waals surface area contributed by atoms with E-state index >= 15 is 0 Å². The molecule has 1 aliphatic rings. The van der Waals surface area contributed by atoms with Gasteiger partial charge < -0.3 is 15.0 Å². The largest absolute Gasteiger partial charge is 0.377 e. The van der Waals surface area contributed by atoms with Crippen molar-refractivity contribution in [2.75, 3.05) is 40.8 Å². The van der Waals surface area contributed by atoms with Crippen LogP contribution >= 0.6 is 0 Å². The first-order chi connectivity index (χ1) is 6.62. The summed E-state index contributed by atoms with van der Waals surface area (Å²) in [5.41, 5.74) is -0.0105. The number of piperidine rings is 1. The van der Waals surface area contributed by atoms with Crippen LogP contribution in [0.4, 0.5) is 0 Å². The fourth-order valence-electron chi connectivity index (χ4n) is 2.40. The normalized spacial score (nSPS) is 28.7. The Kier molecular flexibility index (Phi) is 4.35.